The average Bonchev–Trinajstić information content (AvgIpc) is 2.73. The summed E-state index contributed by atoms with van der Waals surface area (Å²) in [5.41, 5.74) is -0.187. The van der Waals surface area contributed by atoms with Gasteiger partial charge in [-0.2, -0.15) is 0 Å². The Morgan fingerprint density at radius 1 is 1.67 bits per heavy atom. The maximum absolute atomic E-state index is 11.6. The Labute approximate surface area is 90.5 Å². The Morgan fingerprint density at radius 2 is 2.40 bits per heavy atom. The monoisotopic (exact) mass is 231 g/mol. The molecule has 1 unspecified atom stereocenters. The zero-order valence-corrected chi connectivity index (χ0v) is 9.40. The van der Waals surface area contributed by atoms with Gasteiger partial charge in [0.15, 0.2) is 0 Å². The molecule has 0 bridgehead atoms. The molecule has 1 radical (unpaired) electrons. The number of amides is 1. The van der Waals surface area contributed by atoms with Crippen LogP contribution in [0.3, 0.4) is 0 Å². The first-order chi connectivity index (χ1) is 7.20. The molecule has 2 atom stereocenters. The largest absolute Gasteiger partial charge is 0.467 e. The summed E-state index contributed by atoms with van der Waals surface area (Å²) in [7, 11) is 1.78. The zero-order valence-electron chi connectivity index (χ0n) is 8.40. The molecule has 83 valence electrons. The lowest BCUT2D eigenvalue weighted by atomic mass is 10.2. The topological polar surface area (TPSA) is 78.9 Å². The number of likely N-dealkylation sites (tertiary alicyclic amines) is 1. The van der Waals surface area contributed by atoms with Crippen molar-refractivity contribution in [3.05, 3.63) is 0 Å². The van der Waals surface area contributed by atoms with Crippen LogP contribution < -0.4 is 5.00 Å². The van der Waals surface area contributed by atoms with E-state index in [1.807, 2.05) is 0 Å². The molecule has 15 heavy (non-hydrogen) atoms. The number of esters is 1. The van der Waals surface area contributed by atoms with Gasteiger partial charge in [-0.25, -0.2) is 4.79 Å². The van der Waals surface area contributed by atoms with Gasteiger partial charge in [0, 0.05) is 15.3 Å². The SMILES string of the molecule is COC(=O)[C@@H]1CCCN1C(=O)PN[B]O. The van der Waals surface area contributed by atoms with E-state index in [4.69, 9.17) is 5.02 Å². The van der Waals surface area contributed by atoms with E-state index in [0.717, 1.165) is 14.0 Å². The third-order valence-corrected chi connectivity index (χ3v) is 3.01. The average molecular weight is 231 g/mol. The summed E-state index contributed by atoms with van der Waals surface area (Å²) in [6.07, 6.45) is 1.45. The standard InChI is InChI=1S/C7H13BN2O4P/c1-14-6(11)5-3-2-4-10(5)7(12)15-9-8-13/h5,9,13,15H,2-4H2,1H3/t5-/m0/s1. The molecule has 1 heterocycles. The van der Waals surface area contributed by atoms with Crippen molar-refractivity contribution in [2.75, 3.05) is 13.7 Å². The third-order valence-electron chi connectivity index (χ3n) is 2.23. The van der Waals surface area contributed by atoms with E-state index in [1.54, 1.807) is 0 Å². The van der Waals surface area contributed by atoms with Crippen molar-refractivity contribution < 1.29 is 19.3 Å². The van der Waals surface area contributed by atoms with Gasteiger partial charge in [-0.3, -0.25) is 4.79 Å². The van der Waals surface area contributed by atoms with Crippen LogP contribution in [0.1, 0.15) is 12.8 Å². The van der Waals surface area contributed by atoms with Crippen LogP contribution in [0.4, 0.5) is 4.79 Å². The second-order valence-corrected chi connectivity index (χ2v) is 4.04. The van der Waals surface area contributed by atoms with Crippen LogP contribution in [-0.4, -0.2) is 48.9 Å². The first kappa shape index (κ1) is 12.4. The first-order valence-electron chi connectivity index (χ1n) is 4.56. The van der Waals surface area contributed by atoms with Crippen molar-refractivity contribution in [2.24, 2.45) is 0 Å². The summed E-state index contributed by atoms with van der Waals surface area (Å²) in [5.74, 6) is -0.376. The zero-order chi connectivity index (χ0) is 11.3. The van der Waals surface area contributed by atoms with Crippen molar-refractivity contribution in [3.63, 3.8) is 0 Å². The van der Waals surface area contributed by atoms with Crippen LogP contribution in [0.25, 0.3) is 0 Å². The fraction of sp³-hybridized carbons (Fsp3) is 0.714. The highest BCUT2D eigenvalue weighted by atomic mass is 31.1. The van der Waals surface area contributed by atoms with E-state index in [0.29, 0.717) is 13.0 Å². The molecule has 1 amide bonds. The van der Waals surface area contributed by atoms with Gasteiger partial charge < -0.3 is 19.7 Å². The molecule has 0 aromatic carbocycles. The van der Waals surface area contributed by atoms with Crippen LogP contribution in [-0.2, 0) is 9.53 Å². The second kappa shape index (κ2) is 6.05. The van der Waals surface area contributed by atoms with Gasteiger partial charge in [-0.05, 0) is 12.8 Å². The van der Waals surface area contributed by atoms with Crippen molar-refractivity contribution in [3.8, 4) is 0 Å². The summed E-state index contributed by atoms with van der Waals surface area (Å²) in [4.78, 5) is 26.8. The molecule has 0 aromatic heterocycles. The minimum Gasteiger partial charge on any atom is -0.467 e. The number of ether oxygens (including phenoxy) is 1. The fourth-order valence-electron chi connectivity index (χ4n) is 1.56. The maximum atomic E-state index is 11.6. The van der Waals surface area contributed by atoms with E-state index in [2.05, 4.69) is 9.74 Å². The predicted octanol–water partition coefficient (Wildman–Crippen LogP) is -0.547. The molecular formula is C7H13BN2O4P. The first-order valence-corrected chi connectivity index (χ1v) is 5.56. The Morgan fingerprint density at radius 3 is 3.00 bits per heavy atom. The molecular weight excluding hydrogens is 218 g/mol. The van der Waals surface area contributed by atoms with Gasteiger partial charge >= 0.3 is 13.6 Å². The second-order valence-electron chi connectivity index (χ2n) is 3.08. The molecule has 2 N–H and O–H groups in total. The van der Waals surface area contributed by atoms with Gasteiger partial charge in [0.1, 0.15) is 6.04 Å². The summed E-state index contributed by atoms with van der Waals surface area (Å²) < 4.78 is 4.61. The minimum atomic E-state index is -0.463. The number of methoxy groups -OCH3 is 1. The third kappa shape index (κ3) is 3.16. The summed E-state index contributed by atoms with van der Waals surface area (Å²) in [5, 5.41) is 8.39. The lowest BCUT2D eigenvalue weighted by molar-refractivity contribution is -0.144. The molecule has 1 saturated heterocycles. The Bertz CT molecular complexity index is 253. The van der Waals surface area contributed by atoms with E-state index in [1.165, 1.54) is 12.0 Å². The van der Waals surface area contributed by atoms with Gasteiger partial charge in [0.2, 0.25) is 0 Å². The Balaban J connectivity index is 2.52. The van der Waals surface area contributed by atoms with Crippen molar-refractivity contribution in [1.82, 2.24) is 9.90 Å². The van der Waals surface area contributed by atoms with Crippen molar-refractivity contribution >= 4 is 28.0 Å². The quantitative estimate of drug-likeness (QED) is 0.385. The fourth-order valence-corrected chi connectivity index (χ4v) is 2.16. The van der Waals surface area contributed by atoms with Gasteiger partial charge in [0.25, 0.3) is 5.65 Å². The number of nitrogens with one attached hydrogen (secondary N) is 1. The van der Waals surface area contributed by atoms with Crippen molar-refractivity contribution in [1.29, 1.82) is 0 Å². The lowest BCUT2D eigenvalue weighted by Gasteiger charge is -2.22. The highest BCUT2D eigenvalue weighted by Crippen LogP contribution is 2.23. The van der Waals surface area contributed by atoms with Gasteiger partial charge in [-0.1, -0.05) is 0 Å². The van der Waals surface area contributed by atoms with Crippen LogP contribution in [0, 0.1) is 0 Å². The summed E-state index contributed by atoms with van der Waals surface area (Å²) in [6.45, 7) is 0.568. The molecule has 1 aliphatic heterocycles. The van der Waals surface area contributed by atoms with Gasteiger partial charge in [0.05, 0.1) is 7.11 Å². The van der Waals surface area contributed by atoms with Crippen LogP contribution in [0.2, 0.25) is 0 Å². The number of nitrogens with zero attached hydrogens (tertiary/aromatic N) is 1. The highest BCUT2D eigenvalue weighted by molar-refractivity contribution is 7.57. The number of hydrogen-bond acceptors (Lipinski definition) is 5. The molecule has 0 saturated carbocycles. The maximum Gasteiger partial charge on any atom is 0.397 e. The van der Waals surface area contributed by atoms with E-state index in [9.17, 15) is 9.59 Å². The molecule has 0 aromatic rings. The van der Waals surface area contributed by atoms with E-state index < -0.39 is 6.04 Å². The molecule has 8 heteroatoms. The van der Waals surface area contributed by atoms with Gasteiger partial charge in [-0.15, -0.1) is 0 Å². The van der Waals surface area contributed by atoms with Crippen LogP contribution >= 0.6 is 8.73 Å². The summed E-state index contributed by atoms with van der Waals surface area (Å²) in [6, 6.07) is -0.463. The molecule has 0 aliphatic carbocycles. The summed E-state index contributed by atoms with van der Waals surface area (Å²) >= 11 is 0. The van der Waals surface area contributed by atoms with E-state index >= 15 is 0 Å². The molecule has 1 aliphatic rings. The highest BCUT2D eigenvalue weighted by Gasteiger charge is 2.34. The normalized spacial score (nSPS) is 20.9. The van der Waals surface area contributed by atoms with E-state index in [-0.39, 0.29) is 20.3 Å². The molecule has 1 rings (SSSR count). The minimum absolute atomic E-state index is 0.187. The lowest BCUT2D eigenvalue weighted by Crippen LogP contribution is -2.39. The predicted molar refractivity (Wildman–Crippen MR) is 56.6 cm³/mol. The van der Waals surface area contributed by atoms with Crippen LogP contribution in [0.5, 0.6) is 0 Å². The molecule has 1 fully saturated rings. The number of carbonyl (C=O) groups excluding carboxylic acids is 2. The number of carbonyl (C=O) groups is 2. The molecule has 0 spiro atoms. The molecule has 6 nitrogen and oxygen atoms in total. The van der Waals surface area contributed by atoms with Crippen LogP contribution in [0.15, 0.2) is 0 Å². The number of rotatable bonds is 4. The Hall–Kier alpha value is -0.645. The Kier molecular flexibility index (Phi) is 5.01. The van der Waals surface area contributed by atoms with Crippen molar-refractivity contribution in [2.45, 2.75) is 18.9 Å². The number of hydrogen-bond donors (Lipinski definition) is 2. The smallest absolute Gasteiger partial charge is 0.397 e.